The maximum atomic E-state index is 4.39. The Morgan fingerprint density at radius 2 is 2.14 bits per heavy atom. The Kier molecular flexibility index (Phi) is 7.68. The summed E-state index contributed by atoms with van der Waals surface area (Å²) in [6, 6.07) is 0. The molecule has 1 atom stereocenters. The van der Waals surface area contributed by atoms with Gasteiger partial charge in [-0.3, -0.25) is 0 Å². The molecule has 0 radical (unpaired) electrons. The summed E-state index contributed by atoms with van der Waals surface area (Å²) in [5, 5.41) is 13.1. The fourth-order valence-corrected chi connectivity index (χ4v) is 3.48. The zero-order valence-corrected chi connectivity index (χ0v) is 15.2. The number of nitrogens with one attached hydrogen (secondary N) is 1. The van der Waals surface area contributed by atoms with Gasteiger partial charge in [-0.25, -0.2) is 4.98 Å². The highest BCUT2D eigenvalue weighted by molar-refractivity contribution is 7.98. The monoisotopic (exact) mass is 364 g/mol. The van der Waals surface area contributed by atoms with Crippen molar-refractivity contribution in [2.24, 2.45) is 14.1 Å². The van der Waals surface area contributed by atoms with Crippen LogP contribution in [0.5, 0.6) is 0 Å². The van der Waals surface area contributed by atoms with Gasteiger partial charge in [-0.2, -0.15) is 0 Å². The minimum Gasteiger partial charge on any atom is -0.337 e. The Balaban J connectivity index is 0.00000121. The summed E-state index contributed by atoms with van der Waals surface area (Å²) in [5.41, 5.74) is 1.19. The van der Waals surface area contributed by atoms with Gasteiger partial charge in [0.05, 0.1) is 6.33 Å². The number of nitrogens with zero attached hydrogens (tertiary/aromatic N) is 5. The number of aromatic nitrogens is 5. The smallest absolute Gasteiger partial charge is 0.191 e. The summed E-state index contributed by atoms with van der Waals surface area (Å²) >= 11 is 1.71. The minimum atomic E-state index is 0. The lowest BCUT2D eigenvalue weighted by Crippen LogP contribution is -2.29. The van der Waals surface area contributed by atoms with Gasteiger partial charge in [-0.1, -0.05) is 11.8 Å². The summed E-state index contributed by atoms with van der Waals surface area (Å²) in [6.45, 7) is 2.13. The van der Waals surface area contributed by atoms with E-state index in [9.17, 15) is 0 Å². The molecule has 124 valence electrons. The van der Waals surface area contributed by atoms with Crippen LogP contribution in [0.3, 0.4) is 0 Å². The van der Waals surface area contributed by atoms with Crippen LogP contribution >= 0.6 is 36.6 Å². The molecule has 1 fully saturated rings. The molecule has 3 heterocycles. The molecule has 0 aliphatic carbocycles. The van der Waals surface area contributed by atoms with Crippen molar-refractivity contribution in [1.29, 1.82) is 0 Å². The summed E-state index contributed by atoms with van der Waals surface area (Å²) in [6.07, 6.45) is 6.14. The number of hydrogen-bond acceptors (Lipinski definition) is 5. The quantitative estimate of drug-likeness (QED) is 0.842. The molecule has 9 heteroatoms. The largest absolute Gasteiger partial charge is 0.337 e. The third-order valence-electron chi connectivity index (χ3n) is 3.80. The number of imidazole rings is 1. The third kappa shape index (κ3) is 4.16. The van der Waals surface area contributed by atoms with Gasteiger partial charge in [0, 0.05) is 44.2 Å². The Morgan fingerprint density at radius 3 is 2.77 bits per heavy atom. The second-order valence-electron chi connectivity index (χ2n) is 5.23. The van der Waals surface area contributed by atoms with E-state index in [0.29, 0.717) is 5.92 Å². The van der Waals surface area contributed by atoms with E-state index in [4.69, 9.17) is 0 Å². The lowest BCUT2D eigenvalue weighted by atomic mass is 9.99. The first-order valence-corrected chi connectivity index (χ1v) is 7.92. The highest BCUT2D eigenvalue weighted by atomic mass is 35.5. The van der Waals surface area contributed by atoms with E-state index in [1.807, 2.05) is 24.1 Å². The van der Waals surface area contributed by atoms with Crippen LogP contribution in [0.1, 0.15) is 30.3 Å². The zero-order valence-electron chi connectivity index (χ0n) is 12.7. The average Bonchev–Trinajstić information content (AvgIpc) is 3.04. The molecule has 22 heavy (non-hydrogen) atoms. The summed E-state index contributed by atoms with van der Waals surface area (Å²) < 4.78 is 4.17. The van der Waals surface area contributed by atoms with E-state index >= 15 is 0 Å². The van der Waals surface area contributed by atoms with Crippen molar-refractivity contribution < 1.29 is 0 Å². The number of rotatable bonds is 4. The van der Waals surface area contributed by atoms with Crippen molar-refractivity contribution >= 4 is 36.6 Å². The minimum absolute atomic E-state index is 0. The molecule has 3 rings (SSSR count). The molecule has 0 aromatic carbocycles. The van der Waals surface area contributed by atoms with Crippen LogP contribution in [-0.2, 0) is 19.8 Å². The van der Waals surface area contributed by atoms with Crippen LogP contribution in [0, 0.1) is 0 Å². The van der Waals surface area contributed by atoms with E-state index in [1.165, 1.54) is 18.5 Å². The van der Waals surface area contributed by atoms with Crippen LogP contribution in [0.4, 0.5) is 0 Å². The molecule has 0 saturated carbocycles. The predicted molar refractivity (Wildman–Crippen MR) is 93.1 cm³/mol. The fourth-order valence-electron chi connectivity index (χ4n) is 2.54. The van der Waals surface area contributed by atoms with E-state index in [2.05, 4.69) is 32.1 Å². The SMILES string of the molecule is Cl.Cl.Cn1cncc1CSc1nnc(C2CCCNC2)n1C. The van der Waals surface area contributed by atoms with E-state index in [1.54, 1.807) is 11.8 Å². The maximum Gasteiger partial charge on any atom is 0.191 e. The molecular formula is C13H22Cl2N6S. The van der Waals surface area contributed by atoms with Gasteiger partial charge in [-0.05, 0) is 19.4 Å². The number of thioether (sulfide) groups is 1. The molecule has 1 aliphatic heterocycles. The highest BCUT2D eigenvalue weighted by Crippen LogP contribution is 2.26. The predicted octanol–water partition coefficient (Wildman–Crippen LogP) is 2.15. The number of aryl methyl sites for hydroxylation is 1. The fraction of sp³-hybridized carbons (Fsp3) is 0.615. The Labute approximate surface area is 147 Å². The average molecular weight is 365 g/mol. The highest BCUT2D eigenvalue weighted by Gasteiger charge is 2.21. The lowest BCUT2D eigenvalue weighted by Gasteiger charge is -2.21. The zero-order chi connectivity index (χ0) is 13.9. The maximum absolute atomic E-state index is 4.39. The second-order valence-corrected chi connectivity index (χ2v) is 6.17. The normalized spacial score (nSPS) is 17.6. The van der Waals surface area contributed by atoms with Crippen molar-refractivity contribution in [3.05, 3.63) is 24.0 Å². The molecule has 6 nitrogen and oxygen atoms in total. The van der Waals surface area contributed by atoms with Crippen LogP contribution in [0.25, 0.3) is 0 Å². The molecule has 2 aromatic heterocycles. The number of piperidine rings is 1. The molecule has 1 aliphatic rings. The topological polar surface area (TPSA) is 60.6 Å². The van der Waals surface area contributed by atoms with Gasteiger partial charge in [0.1, 0.15) is 5.82 Å². The van der Waals surface area contributed by atoms with Gasteiger partial charge in [0.25, 0.3) is 0 Å². The van der Waals surface area contributed by atoms with Gasteiger partial charge in [0.2, 0.25) is 0 Å². The summed E-state index contributed by atoms with van der Waals surface area (Å²) in [5.74, 6) is 2.46. The lowest BCUT2D eigenvalue weighted by molar-refractivity contribution is 0.436. The van der Waals surface area contributed by atoms with Crippen molar-refractivity contribution in [1.82, 2.24) is 29.6 Å². The summed E-state index contributed by atoms with van der Waals surface area (Å²) in [7, 11) is 4.08. The van der Waals surface area contributed by atoms with Crippen molar-refractivity contribution in [2.45, 2.75) is 29.7 Å². The van der Waals surface area contributed by atoms with Crippen LogP contribution < -0.4 is 5.32 Å². The molecule has 2 aromatic rings. The first kappa shape index (κ1) is 19.3. The first-order valence-electron chi connectivity index (χ1n) is 6.93. The Bertz CT molecular complexity index is 579. The van der Waals surface area contributed by atoms with Crippen LogP contribution in [-0.4, -0.2) is 37.4 Å². The van der Waals surface area contributed by atoms with Gasteiger partial charge in [0.15, 0.2) is 5.16 Å². The second kappa shape index (κ2) is 8.76. The Hall–Kier alpha value is -0.760. The number of hydrogen-bond donors (Lipinski definition) is 1. The van der Waals surface area contributed by atoms with Crippen molar-refractivity contribution in [3.63, 3.8) is 0 Å². The van der Waals surface area contributed by atoms with Gasteiger partial charge in [-0.15, -0.1) is 35.0 Å². The molecule has 1 unspecified atom stereocenters. The van der Waals surface area contributed by atoms with Crippen LogP contribution in [0.2, 0.25) is 0 Å². The molecule has 0 spiro atoms. The van der Waals surface area contributed by atoms with Gasteiger partial charge >= 0.3 is 0 Å². The molecule has 0 amide bonds. The molecule has 0 bridgehead atoms. The van der Waals surface area contributed by atoms with Gasteiger partial charge < -0.3 is 14.5 Å². The number of halogens is 2. The Morgan fingerprint density at radius 1 is 1.32 bits per heavy atom. The molecule has 1 N–H and O–H groups in total. The van der Waals surface area contributed by atoms with Crippen molar-refractivity contribution in [2.75, 3.05) is 13.1 Å². The third-order valence-corrected chi connectivity index (χ3v) is 4.85. The molecular weight excluding hydrogens is 343 g/mol. The van der Waals surface area contributed by atoms with E-state index in [0.717, 1.165) is 29.8 Å². The standard InChI is InChI=1S/C13H20N6S.2ClH/c1-18-9-15-7-11(18)8-20-13-17-16-12(19(13)2)10-4-3-5-14-6-10;;/h7,9-10,14H,3-6,8H2,1-2H3;2*1H. The molecule has 1 saturated heterocycles. The van der Waals surface area contributed by atoms with Crippen molar-refractivity contribution in [3.8, 4) is 0 Å². The van der Waals surface area contributed by atoms with E-state index in [-0.39, 0.29) is 24.8 Å². The summed E-state index contributed by atoms with van der Waals surface area (Å²) in [4.78, 5) is 4.13. The first-order chi connectivity index (χ1) is 9.75. The van der Waals surface area contributed by atoms with E-state index < -0.39 is 0 Å². The van der Waals surface area contributed by atoms with Crippen LogP contribution in [0.15, 0.2) is 17.7 Å².